The predicted octanol–water partition coefficient (Wildman–Crippen LogP) is 2.78. The average Bonchev–Trinajstić information content (AvgIpc) is 2.41. The van der Waals surface area contributed by atoms with E-state index in [1.807, 2.05) is 12.1 Å². The van der Waals surface area contributed by atoms with E-state index in [1.54, 1.807) is 0 Å². The number of hydrogen-bond donors (Lipinski definition) is 1. The van der Waals surface area contributed by atoms with Gasteiger partial charge < -0.3 is 5.73 Å². The third-order valence-corrected chi connectivity index (χ3v) is 4.09. The third kappa shape index (κ3) is 3.30. The average molecular weight is 250 g/mol. The minimum atomic E-state index is -0.168. The Bertz CT molecular complexity index is 363. The van der Waals surface area contributed by atoms with Gasteiger partial charge in [-0.15, -0.1) is 0 Å². The van der Waals surface area contributed by atoms with Crippen molar-refractivity contribution in [3.05, 3.63) is 35.6 Å². The molecule has 1 fully saturated rings. The molecule has 0 bridgehead atoms. The van der Waals surface area contributed by atoms with Crippen molar-refractivity contribution >= 4 is 0 Å². The molecule has 2 nitrogen and oxygen atoms in total. The molecule has 0 amide bonds. The van der Waals surface area contributed by atoms with Gasteiger partial charge in [0, 0.05) is 19.1 Å². The quantitative estimate of drug-likeness (QED) is 0.890. The maximum atomic E-state index is 12.9. The Morgan fingerprint density at radius 1 is 1.33 bits per heavy atom. The van der Waals surface area contributed by atoms with Crippen LogP contribution in [0.2, 0.25) is 0 Å². The van der Waals surface area contributed by atoms with E-state index in [4.69, 9.17) is 5.73 Å². The van der Waals surface area contributed by atoms with E-state index in [1.165, 1.54) is 37.0 Å². The molecule has 2 unspecified atom stereocenters. The summed E-state index contributed by atoms with van der Waals surface area (Å²) < 4.78 is 12.9. The normalized spacial score (nSPS) is 25.3. The number of benzene rings is 1. The Balaban J connectivity index is 1.97. The van der Waals surface area contributed by atoms with Gasteiger partial charge in [-0.3, -0.25) is 4.90 Å². The minimum Gasteiger partial charge on any atom is -0.329 e. The maximum absolute atomic E-state index is 12.9. The fourth-order valence-corrected chi connectivity index (χ4v) is 2.83. The topological polar surface area (TPSA) is 29.3 Å². The molecule has 0 spiro atoms. The maximum Gasteiger partial charge on any atom is 0.123 e. The molecular formula is C15H23FN2. The summed E-state index contributed by atoms with van der Waals surface area (Å²) in [6.07, 6.45) is 3.71. The van der Waals surface area contributed by atoms with Crippen molar-refractivity contribution < 1.29 is 4.39 Å². The van der Waals surface area contributed by atoms with Crippen molar-refractivity contribution in [1.29, 1.82) is 0 Å². The summed E-state index contributed by atoms with van der Waals surface area (Å²) in [4.78, 5) is 2.44. The summed E-state index contributed by atoms with van der Waals surface area (Å²) in [5.74, 6) is 0.654. The highest BCUT2D eigenvalue weighted by atomic mass is 19.1. The van der Waals surface area contributed by atoms with Gasteiger partial charge in [0.05, 0.1) is 0 Å². The molecule has 0 radical (unpaired) electrons. The Morgan fingerprint density at radius 2 is 2.06 bits per heavy atom. The second kappa shape index (κ2) is 6.30. The van der Waals surface area contributed by atoms with Gasteiger partial charge in [0.2, 0.25) is 0 Å². The Morgan fingerprint density at radius 3 is 2.67 bits per heavy atom. The van der Waals surface area contributed by atoms with Crippen LogP contribution in [-0.2, 0) is 6.54 Å². The lowest BCUT2D eigenvalue weighted by Crippen LogP contribution is -2.45. The summed E-state index contributed by atoms with van der Waals surface area (Å²) in [6.45, 7) is 4.97. The highest BCUT2D eigenvalue weighted by Gasteiger charge is 2.26. The van der Waals surface area contributed by atoms with Gasteiger partial charge in [-0.2, -0.15) is 0 Å². The molecule has 100 valence electrons. The molecule has 2 N–H and O–H groups in total. The van der Waals surface area contributed by atoms with E-state index in [0.29, 0.717) is 6.04 Å². The van der Waals surface area contributed by atoms with Crippen LogP contribution in [0.3, 0.4) is 0 Å². The Hall–Kier alpha value is -0.930. The van der Waals surface area contributed by atoms with Crippen LogP contribution in [0.25, 0.3) is 0 Å². The zero-order valence-corrected chi connectivity index (χ0v) is 11.1. The van der Waals surface area contributed by atoms with Gasteiger partial charge in [0.25, 0.3) is 0 Å². The van der Waals surface area contributed by atoms with E-state index >= 15 is 0 Å². The number of nitrogens with two attached hydrogens (primary N) is 1. The zero-order chi connectivity index (χ0) is 13.0. The number of likely N-dealkylation sites (tertiary alicyclic amines) is 1. The van der Waals surface area contributed by atoms with Gasteiger partial charge in [0.1, 0.15) is 5.82 Å². The van der Waals surface area contributed by atoms with Gasteiger partial charge in [-0.1, -0.05) is 25.5 Å². The zero-order valence-electron chi connectivity index (χ0n) is 11.1. The van der Waals surface area contributed by atoms with E-state index in [2.05, 4.69) is 11.8 Å². The van der Waals surface area contributed by atoms with E-state index in [9.17, 15) is 4.39 Å². The Labute approximate surface area is 109 Å². The summed E-state index contributed by atoms with van der Waals surface area (Å²) >= 11 is 0. The fourth-order valence-electron chi connectivity index (χ4n) is 2.83. The van der Waals surface area contributed by atoms with Crippen LogP contribution in [0.1, 0.15) is 31.7 Å². The molecule has 0 saturated carbocycles. The molecule has 0 aromatic heterocycles. The standard InChI is InChI=1S/C15H23FN2/c1-2-12-7-8-18(15(9-12)10-17)11-13-3-5-14(16)6-4-13/h3-6,12,15H,2,7-11,17H2,1H3. The molecule has 1 aliphatic heterocycles. The molecule has 1 saturated heterocycles. The first kappa shape index (κ1) is 13.5. The second-order valence-electron chi connectivity index (χ2n) is 5.29. The van der Waals surface area contributed by atoms with Crippen LogP contribution in [0, 0.1) is 11.7 Å². The van der Waals surface area contributed by atoms with Crippen molar-refractivity contribution in [3.8, 4) is 0 Å². The summed E-state index contributed by atoms with van der Waals surface area (Å²) in [5, 5.41) is 0. The minimum absolute atomic E-state index is 0.168. The molecule has 1 heterocycles. The first-order valence-electron chi connectivity index (χ1n) is 6.91. The molecule has 2 atom stereocenters. The van der Waals surface area contributed by atoms with Crippen LogP contribution in [0.4, 0.5) is 4.39 Å². The highest BCUT2D eigenvalue weighted by Crippen LogP contribution is 2.26. The molecular weight excluding hydrogens is 227 g/mol. The van der Waals surface area contributed by atoms with Crippen LogP contribution in [-0.4, -0.2) is 24.0 Å². The third-order valence-electron chi connectivity index (χ3n) is 4.09. The lowest BCUT2D eigenvalue weighted by Gasteiger charge is -2.38. The van der Waals surface area contributed by atoms with Gasteiger partial charge in [-0.05, 0) is 43.0 Å². The fraction of sp³-hybridized carbons (Fsp3) is 0.600. The number of halogens is 1. The van der Waals surface area contributed by atoms with Crippen molar-refractivity contribution in [2.75, 3.05) is 13.1 Å². The van der Waals surface area contributed by atoms with Gasteiger partial charge >= 0.3 is 0 Å². The monoisotopic (exact) mass is 250 g/mol. The number of hydrogen-bond acceptors (Lipinski definition) is 2. The molecule has 18 heavy (non-hydrogen) atoms. The summed E-state index contributed by atoms with van der Waals surface area (Å²) in [5.41, 5.74) is 7.06. The first-order valence-corrected chi connectivity index (χ1v) is 6.91. The van der Waals surface area contributed by atoms with Crippen LogP contribution in [0.15, 0.2) is 24.3 Å². The molecule has 0 aliphatic carbocycles. The number of nitrogens with zero attached hydrogens (tertiary/aromatic N) is 1. The van der Waals surface area contributed by atoms with Crippen LogP contribution in [0.5, 0.6) is 0 Å². The van der Waals surface area contributed by atoms with E-state index < -0.39 is 0 Å². The van der Waals surface area contributed by atoms with Crippen LogP contribution < -0.4 is 5.73 Å². The second-order valence-corrected chi connectivity index (χ2v) is 5.29. The van der Waals surface area contributed by atoms with Gasteiger partial charge in [-0.25, -0.2) is 4.39 Å². The smallest absolute Gasteiger partial charge is 0.123 e. The predicted molar refractivity (Wildman–Crippen MR) is 72.7 cm³/mol. The number of rotatable bonds is 4. The highest BCUT2D eigenvalue weighted by molar-refractivity contribution is 5.16. The summed E-state index contributed by atoms with van der Waals surface area (Å²) in [6, 6.07) is 7.29. The summed E-state index contributed by atoms with van der Waals surface area (Å²) in [7, 11) is 0. The molecule has 1 aliphatic rings. The van der Waals surface area contributed by atoms with Crippen molar-refractivity contribution in [1.82, 2.24) is 4.90 Å². The van der Waals surface area contributed by atoms with Crippen LogP contribution >= 0.6 is 0 Å². The number of piperidine rings is 1. The van der Waals surface area contributed by atoms with Crippen molar-refractivity contribution in [3.63, 3.8) is 0 Å². The van der Waals surface area contributed by atoms with Crippen molar-refractivity contribution in [2.45, 2.75) is 38.8 Å². The van der Waals surface area contributed by atoms with E-state index in [-0.39, 0.29) is 5.82 Å². The lowest BCUT2D eigenvalue weighted by molar-refractivity contribution is 0.107. The lowest BCUT2D eigenvalue weighted by atomic mass is 9.88. The SMILES string of the molecule is CCC1CCN(Cc2ccc(F)cc2)C(CN)C1. The Kier molecular flexibility index (Phi) is 4.72. The van der Waals surface area contributed by atoms with Crippen molar-refractivity contribution in [2.24, 2.45) is 11.7 Å². The molecule has 2 rings (SSSR count). The van der Waals surface area contributed by atoms with E-state index in [0.717, 1.165) is 25.6 Å². The molecule has 1 aromatic carbocycles. The first-order chi connectivity index (χ1) is 8.72. The molecule has 1 aromatic rings. The largest absolute Gasteiger partial charge is 0.329 e. The molecule has 3 heteroatoms. The van der Waals surface area contributed by atoms with Gasteiger partial charge in [0.15, 0.2) is 0 Å².